The average Bonchev–Trinajstić information content (AvgIpc) is 3.40. The number of amides is 1. The average molecular weight is 483 g/mol. The second kappa shape index (κ2) is 10.4. The molecule has 6 nitrogen and oxygen atoms in total. The molecule has 2 heterocycles. The van der Waals surface area contributed by atoms with Crippen LogP contribution in [0.4, 0.5) is 11.5 Å². The van der Waals surface area contributed by atoms with Crippen molar-refractivity contribution in [1.29, 1.82) is 0 Å². The number of benzene rings is 3. The molecule has 0 aliphatic rings. The van der Waals surface area contributed by atoms with E-state index in [1.165, 1.54) is 0 Å². The number of para-hydroxylation sites is 1. The summed E-state index contributed by atoms with van der Waals surface area (Å²) in [4.78, 5) is 24.5. The Labute approximate surface area is 208 Å². The maximum atomic E-state index is 12.7. The number of furan rings is 1. The van der Waals surface area contributed by atoms with E-state index in [0.29, 0.717) is 23.9 Å². The van der Waals surface area contributed by atoms with Gasteiger partial charge in [0.2, 0.25) is 5.91 Å². The Hall–Kier alpha value is -4.16. The molecule has 0 bridgehead atoms. The van der Waals surface area contributed by atoms with Crippen LogP contribution in [-0.2, 0) is 11.3 Å². The zero-order valence-corrected chi connectivity index (χ0v) is 19.7. The van der Waals surface area contributed by atoms with Gasteiger partial charge in [-0.1, -0.05) is 60.1 Å². The van der Waals surface area contributed by atoms with Crippen LogP contribution in [0.2, 0.25) is 5.02 Å². The van der Waals surface area contributed by atoms with Crippen LogP contribution >= 0.6 is 11.6 Å². The summed E-state index contributed by atoms with van der Waals surface area (Å²) in [5.41, 5.74) is 2.40. The van der Waals surface area contributed by atoms with Gasteiger partial charge in [-0.3, -0.25) is 4.79 Å². The molecular weight excluding hydrogens is 460 g/mol. The van der Waals surface area contributed by atoms with Crippen molar-refractivity contribution in [2.75, 3.05) is 16.8 Å². The van der Waals surface area contributed by atoms with Crippen LogP contribution in [0.15, 0.2) is 102 Å². The van der Waals surface area contributed by atoms with Gasteiger partial charge in [-0.2, -0.15) is 0 Å². The number of aromatic nitrogens is 2. The van der Waals surface area contributed by atoms with E-state index in [2.05, 4.69) is 5.32 Å². The van der Waals surface area contributed by atoms with Crippen molar-refractivity contribution in [3.8, 4) is 11.4 Å². The van der Waals surface area contributed by atoms with Crippen LogP contribution < -0.4 is 10.2 Å². The Kier molecular flexibility index (Phi) is 6.73. The minimum Gasteiger partial charge on any atom is -0.467 e. The number of hydrogen-bond donors (Lipinski definition) is 1. The van der Waals surface area contributed by atoms with Gasteiger partial charge in [0.25, 0.3) is 0 Å². The van der Waals surface area contributed by atoms with Crippen LogP contribution in [-0.4, -0.2) is 22.4 Å². The van der Waals surface area contributed by atoms with E-state index in [4.69, 9.17) is 26.0 Å². The topological polar surface area (TPSA) is 71.3 Å². The molecule has 0 fully saturated rings. The maximum Gasteiger partial charge on any atom is 0.226 e. The van der Waals surface area contributed by atoms with Gasteiger partial charge in [0, 0.05) is 34.6 Å². The summed E-state index contributed by atoms with van der Waals surface area (Å²) in [7, 11) is 0. The van der Waals surface area contributed by atoms with Crippen molar-refractivity contribution in [3.05, 3.63) is 108 Å². The first kappa shape index (κ1) is 22.6. The monoisotopic (exact) mass is 482 g/mol. The molecule has 35 heavy (non-hydrogen) atoms. The molecule has 2 aromatic heterocycles. The number of anilines is 2. The third kappa shape index (κ3) is 5.50. The molecular formula is C28H23ClN4O2. The van der Waals surface area contributed by atoms with Crippen LogP contribution in [0.1, 0.15) is 12.2 Å². The number of rotatable bonds is 8. The second-order valence-electron chi connectivity index (χ2n) is 8.06. The Morgan fingerprint density at radius 3 is 2.43 bits per heavy atom. The van der Waals surface area contributed by atoms with Crippen molar-refractivity contribution >= 4 is 39.9 Å². The quantitative estimate of drug-likeness (QED) is 0.270. The Morgan fingerprint density at radius 2 is 1.69 bits per heavy atom. The maximum absolute atomic E-state index is 12.7. The lowest BCUT2D eigenvalue weighted by molar-refractivity contribution is -0.116. The predicted molar refractivity (Wildman–Crippen MR) is 139 cm³/mol. The third-order valence-corrected chi connectivity index (χ3v) is 5.80. The highest BCUT2D eigenvalue weighted by molar-refractivity contribution is 6.31. The smallest absolute Gasteiger partial charge is 0.226 e. The molecule has 0 radical (unpaired) electrons. The van der Waals surface area contributed by atoms with Gasteiger partial charge in [-0.15, -0.1) is 0 Å². The van der Waals surface area contributed by atoms with Crippen molar-refractivity contribution in [3.63, 3.8) is 0 Å². The van der Waals surface area contributed by atoms with Gasteiger partial charge in [0.1, 0.15) is 11.6 Å². The summed E-state index contributed by atoms with van der Waals surface area (Å²) < 4.78 is 5.63. The first-order chi connectivity index (χ1) is 17.2. The molecule has 0 atom stereocenters. The summed E-state index contributed by atoms with van der Waals surface area (Å²) in [6.45, 7) is 0.886. The standard InChI is InChI=1S/C28H23ClN4O2/c29-21-13-14-24-25(18-21)31-27(20-8-3-1-4-9-20)32-28(24)33(19-23-12-7-17-35-23)16-15-26(34)30-22-10-5-2-6-11-22/h1-14,17-18H,15-16,19H2,(H,30,34). The summed E-state index contributed by atoms with van der Waals surface area (Å²) >= 11 is 6.30. The van der Waals surface area contributed by atoms with E-state index < -0.39 is 0 Å². The lowest BCUT2D eigenvalue weighted by Gasteiger charge is -2.24. The van der Waals surface area contributed by atoms with Gasteiger partial charge in [-0.25, -0.2) is 9.97 Å². The van der Waals surface area contributed by atoms with Crippen molar-refractivity contribution in [2.45, 2.75) is 13.0 Å². The summed E-state index contributed by atoms with van der Waals surface area (Å²) in [6, 6.07) is 28.6. The van der Waals surface area contributed by atoms with E-state index in [9.17, 15) is 4.79 Å². The van der Waals surface area contributed by atoms with Crippen molar-refractivity contribution in [2.24, 2.45) is 0 Å². The minimum atomic E-state index is -0.0784. The fraction of sp³-hybridized carbons (Fsp3) is 0.107. The number of halogens is 1. The summed E-state index contributed by atoms with van der Waals surface area (Å²) in [5.74, 6) is 2.00. The number of fused-ring (bicyclic) bond motifs is 1. The third-order valence-electron chi connectivity index (χ3n) is 5.56. The van der Waals surface area contributed by atoms with Gasteiger partial charge in [0.05, 0.1) is 18.3 Å². The molecule has 174 valence electrons. The number of hydrogen-bond acceptors (Lipinski definition) is 5. The van der Waals surface area contributed by atoms with Crippen molar-refractivity contribution < 1.29 is 9.21 Å². The molecule has 7 heteroatoms. The zero-order valence-electron chi connectivity index (χ0n) is 18.9. The molecule has 0 unspecified atom stereocenters. The normalized spacial score (nSPS) is 10.9. The summed E-state index contributed by atoms with van der Waals surface area (Å²) in [6.07, 6.45) is 1.91. The molecule has 0 aliphatic heterocycles. The molecule has 5 aromatic rings. The molecule has 0 aliphatic carbocycles. The second-order valence-corrected chi connectivity index (χ2v) is 8.50. The molecule has 5 rings (SSSR count). The molecule has 0 spiro atoms. The van der Waals surface area contributed by atoms with Crippen molar-refractivity contribution in [1.82, 2.24) is 9.97 Å². The highest BCUT2D eigenvalue weighted by Gasteiger charge is 2.19. The lowest BCUT2D eigenvalue weighted by atomic mass is 10.1. The predicted octanol–water partition coefficient (Wildman–Crippen LogP) is 6.58. The first-order valence-electron chi connectivity index (χ1n) is 11.3. The number of carbonyl (C=O) groups is 1. The molecule has 0 saturated heterocycles. The molecule has 1 N–H and O–H groups in total. The first-order valence-corrected chi connectivity index (χ1v) is 11.7. The highest BCUT2D eigenvalue weighted by atomic mass is 35.5. The van der Waals surface area contributed by atoms with Crippen LogP contribution in [0, 0.1) is 0 Å². The Bertz CT molecular complexity index is 1420. The van der Waals surface area contributed by atoms with E-state index in [-0.39, 0.29) is 12.3 Å². The minimum absolute atomic E-state index is 0.0784. The number of nitrogens with one attached hydrogen (secondary N) is 1. The van der Waals surface area contributed by atoms with E-state index >= 15 is 0 Å². The highest BCUT2D eigenvalue weighted by Crippen LogP contribution is 2.30. The SMILES string of the molecule is O=C(CCN(Cc1ccco1)c1nc(-c2ccccc2)nc2cc(Cl)ccc12)Nc1ccccc1. The molecule has 1 amide bonds. The largest absolute Gasteiger partial charge is 0.467 e. The van der Waals surface area contributed by atoms with E-state index in [0.717, 1.165) is 33.7 Å². The summed E-state index contributed by atoms with van der Waals surface area (Å²) in [5, 5.41) is 4.40. The van der Waals surface area contributed by atoms with Gasteiger partial charge in [-0.05, 0) is 42.5 Å². The van der Waals surface area contributed by atoms with E-state index in [1.807, 2.05) is 95.9 Å². The molecule has 0 saturated carbocycles. The lowest BCUT2D eigenvalue weighted by Crippen LogP contribution is -2.28. The fourth-order valence-electron chi connectivity index (χ4n) is 3.88. The number of nitrogens with zero attached hydrogens (tertiary/aromatic N) is 3. The van der Waals surface area contributed by atoms with Gasteiger partial charge < -0.3 is 14.6 Å². The Morgan fingerprint density at radius 1 is 0.914 bits per heavy atom. The number of carbonyl (C=O) groups excluding carboxylic acids is 1. The fourth-order valence-corrected chi connectivity index (χ4v) is 4.04. The van der Waals surface area contributed by atoms with E-state index in [1.54, 1.807) is 6.26 Å². The molecule has 3 aromatic carbocycles. The zero-order chi connectivity index (χ0) is 24.0. The van der Waals surface area contributed by atoms with Gasteiger partial charge >= 0.3 is 0 Å². The van der Waals surface area contributed by atoms with Crippen LogP contribution in [0.25, 0.3) is 22.3 Å². The Balaban J connectivity index is 1.51. The van der Waals surface area contributed by atoms with Gasteiger partial charge in [0.15, 0.2) is 5.82 Å². The van der Waals surface area contributed by atoms with Crippen LogP contribution in [0.5, 0.6) is 0 Å². The van der Waals surface area contributed by atoms with Crippen LogP contribution in [0.3, 0.4) is 0 Å².